The van der Waals surface area contributed by atoms with Gasteiger partial charge in [-0.3, -0.25) is 5.41 Å². The Morgan fingerprint density at radius 2 is 1.93 bits per heavy atom. The lowest BCUT2D eigenvalue weighted by Gasteiger charge is -2.14. The Balaban J connectivity index is 2.46. The maximum atomic E-state index is 7.51. The largest absolute Gasteiger partial charge is 0.486 e. The molecule has 0 spiro atoms. The van der Waals surface area contributed by atoms with Crippen molar-refractivity contribution in [2.24, 2.45) is 0 Å². The zero-order valence-corrected chi connectivity index (χ0v) is 9.01. The van der Waals surface area contributed by atoms with Gasteiger partial charge < -0.3 is 9.64 Å². The van der Waals surface area contributed by atoms with E-state index >= 15 is 0 Å². The molecule has 0 aliphatic heterocycles. The summed E-state index contributed by atoms with van der Waals surface area (Å²) in [7, 11) is 3.63. The van der Waals surface area contributed by atoms with Crippen molar-refractivity contribution < 1.29 is 4.74 Å². The van der Waals surface area contributed by atoms with E-state index in [9.17, 15) is 0 Å². The first kappa shape index (κ1) is 10.9. The molecule has 0 aromatic heterocycles. The van der Waals surface area contributed by atoms with Crippen LogP contribution in [0.15, 0.2) is 24.3 Å². The van der Waals surface area contributed by atoms with Crippen LogP contribution in [0.5, 0.6) is 5.75 Å². The second-order valence-corrected chi connectivity index (χ2v) is 3.52. The summed E-state index contributed by atoms with van der Waals surface area (Å²) in [6.07, 6.45) is 0. The SMILES string of the molecule is CN(C)C(=N)COc1ccc(Cl)cc1. The van der Waals surface area contributed by atoms with Crippen LogP contribution in [-0.4, -0.2) is 31.4 Å². The Morgan fingerprint density at radius 1 is 1.36 bits per heavy atom. The average molecular weight is 213 g/mol. The number of amidine groups is 1. The molecule has 0 amide bonds. The van der Waals surface area contributed by atoms with E-state index in [1.165, 1.54) is 0 Å². The quantitative estimate of drug-likeness (QED) is 0.616. The maximum absolute atomic E-state index is 7.51. The molecule has 0 aliphatic rings. The third-order valence-corrected chi connectivity index (χ3v) is 1.98. The van der Waals surface area contributed by atoms with E-state index in [-0.39, 0.29) is 6.61 Å². The Hall–Kier alpha value is -1.22. The van der Waals surface area contributed by atoms with Crippen LogP contribution in [0.1, 0.15) is 0 Å². The van der Waals surface area contributed by atoms with Crippen LogP contribution in [0.3, 0.4) is 0 Å². The summed E-state index contributed by atoms with van der Waals surface area (Å²) in [5.74, 6) is 1.15. The highest BCUT2D eigenvalue weighted by atomic mass is 35.5. The Morgan fingerprint density at radius 3 is 2.43 bits per heavy atom. The van der Waals surface area contributed by atoms with Gasteiger partial charge in [-0.25, -0.2) is 0 Å². The van der Waals surface area contributed by atoms with Gasteiger partial charge in [0.15, 0.2) is 0 Å². The van der Waals surface area contributed by atoms with Crippen molar-refractivity contribution in [3.63, 3.8) is 0 Å². The molecule has 0 heterocycles. The molecular weight excluding hydrogens is 200 g/mol. The molecule has 3 nitrogen and oxygen atoms in total. The molecule has 0 atom stereocenters. The number of hydrogen-bond acceptors (Lipinski definition) is 2. The molecule has 14 heavy (non-hydrogen) atoms. The van der Waals surface area contributed by atoms with Crippen LogP contribution < -0.4 is 4.74 Å². The number of nitrogens with one attached hydrogen (secondary N) is 1. The Bertz CT molecular complexity index is 308. The summed E-state index contributed by atoms with van der Waals surface area (Å²) in [5, 5.41) is 8.19. The fourth-order valence-corrected chi connectivity index (χ4v) is 0.938. The molecule has 0 unspecified atom stereocenters. The second kappa shape index (κ2) is 4.86. The summed E-state index contributed by atoms with van der Waals surface area (Å²) in [4.78, 5) is 1.70. The minimum Gasteiger partial charge on any atom is -0.486 e. The van der Waals surface area contributed by atoms with Gasteiger partial charge in [-0.15, -0.1) is 0 Å². The first-order chi connectivity index (χ1) is 6.59. The highest BCUT2D eigenvalue weighted by molar-refractivity contribution is 6.30. The molecule has 1 aromatic rings. The fraction of sp³-hybridized carbons (Fsp3) is 0.300. The topological polar surface area (TPSA) is 36.3 Å². The third kappa shape index (κ3) is 3.26. The maximum Gasteiger partial charge on any atom is 0.145 e. The number of likely N-dealkylation sites (N-methyl/N-ethyl adjacent to an activating group) is 1. The Kier molecular flexibility index (Phi) is 3.77. The van der Waals surface area contributed by atoms with Crippen LogP contribution >= 0.6 is 11.6 Å². The van der Waals surface area contributed by atoms with Crippen molar-refractivity contribution in [1.29, 1.82) is 5.41 Å². The zero-order chi connectivity index (χ0) is 10.6. The first-order valence-corrected chi connectivity index (χ1v) is 4.60. The molecule has 0 bridgehead atoms. The number of ether oxygens (including phenoxy) is 1. The second-order valence-electron chi connectivity index (χ2n) is 3.08. The lowest BCUT2D eigenvalue weighted by atomic mass is 10.3. The molecule has 1 rings (SSSR count). The lowest BCUT2D eigenvalue weighted by molar-refractivity contribution is 0.358. The standard InChI is InChI=1S/C10H13ClN2O/c1-13(2)10(12)7-14-9-5-3-8(11)4-6-9/h3-6,12H,7H2,1-2H3. The van der Waals surface area contributed by atoms with Gasteiger partial charge in [0.05, 0.1) is 0 Å². The number of nitrogens with zero attached hydrogens (tertiary/aromatic N) is 1. The third-order valence-electron chi connectivity index (χ3n) is 1.73. The number of benzene rings is 1. The molecule has 4 heteroatoms. The van der Waals surface area contributed by atoms with E-state index < -0.39 is 0 Å². The molecule has 0 fully saturated rings. The van der Waals surface area contributed by atoms with Gasteiger partial charge in [-0.1, -0.05) is 11.6 Å². The smallest absolute Gasteiger partial charge is 0.145 e. The van der Waals surface area contributed by atoms with Gasteiger partial charge in [-0.2, -0.15) is 0 Å². The normalized spacial score (nSPS) is 9.64. The summed E-state index contributed by atoms with van der Waals surface area (Å²) < 4.78 is 5.36. The summed E-state index contributed by atoms with van der Waals surface area (Å²) in [5.41, 5.74) is 0. The van der Waals surface area contributed by atoms with Crippen molar-refractivity contribution in [2.75, 3.05) is 20.7 Å². The molecule has 0 saturated heterocycles. The minimum atomic E-state index is 0.272. The zero-order valence-electron chi connectivity index (χ0n) is 8.25. The van der Waals surface area contributed by atoms with E-state index in [1.807, 2.05) is 14.1 Å². The highest BCUT2D eigenvalue weighted by Gasteiger charge is 2.00. The van der Waals surface area contributed by atoms with Crippen LogP contribution in [0.4, 0.5) is 0 Å². The Labute approximate surface area is 88.8 Å². The first-order valence-electron chi connectivity index (χ1n) is 4.22. The lowest BCUT2D eigenvalue weighted by Crippen LogP contribution is -2.26. The number of rotatable bonds is 3. The highest BCUT2D eigenvalue weighted by Crippen LogP contribution is 2.15. The van der Waals surface area contributed by atoms with E-state index in [0.29, 0.717) is 10.9 Å². The molecule has 0 saturated carbocycles. The molecule has 1 N–H and O–H groups in total. The van der Waals surface area contributed by atoms with E-state index in [4.69, 9.17) is 21.7 Å². The monoisotopic (exact) mass is 212 g/mol. The van der Waals surface area contributed by atoms with Gasteiger partial charge in [0, 0.05) is 19.1 Å². The van der Waals surface area contributed by atoms with Crippen molar-refractivity contribution in [2.45, 2.75) is 0 Å². The minimum absolute atomic E-state index is 0.272. The van der Waals surface area contributed by atoms with Crippen molar-refractivity contribution in [3.8, 4) is 5.75 Å². The van der Waals surface area contributed by atoms with Gasteiger partial charge in [0.1, 0.15) is 18.2 Å². The van der Waals surface area contributed by atoms with Crippen molar-refractivity contribution in [1.82, 2.24) is 4.90 Å². The molecule has 1 aromatic carbocycles. The van der Waals surface area contributed by atoms with E-state index in [1.54, 1.807) is 29.2 Å². The van der Waals surface area contributed by atoms with Crippen molar-refractivity contribution in [3.05, 3.63) is 29.3 Å². The van der Waals surface area contributed by atoms with Crippen LogP contribution in [0, 0.1) is 5.41 Å². The average Bonchev–Trinajstić information content (AvgIpc) is 2.16. The van der Waals surface area contributed by atoms with E-state index in [0.717, 1.165) is 5.75 Å². The number of hydrogen-bond donors (Lipinski definition) is 1. The predicted octanol–water partition coefficient (Wildman–Crippen LogP) is 2.26. The summed E-state index contributed by atoms with van der Waals surface area (Å²) >= 11 is 5.72. The molecular formula is C10H13ClN2O. The van der Waals surface area contributed by atoms with Gasteiger partial charge in [-0.05, 0) is 24.3 Å². The predicted molar refractivity (Wildman–Crippen MR) is 58.4 cm³/mol. The van der Waals surface area contributed by atoms with Gasteiger partial charge >= 0.3 is 0 Å². The van der Waals surface area contributed by atoms with E-state index in [2.05, 4.69) is 0 Å². The van der Waals surface area contributed by atoms with Gasteiger partial charge in [0.2, 0.25) is 0 Å². The number of halogens is 1. The molecule has 0 aliphatic carbocycles. The van der Waals surface area contributed by atoms with Crippen molar-refractivity contribution >= 4 is 17.4 Å². The summed E-state index contributed by atoms with van der Waals surface area (Å²) in [6.45, 7) is 0.272. The molecule has 76 valence electrons. The van der Waals surface area contributed by atoms with Crippen LogP contribution in [0.2, 0.25) is 5.02 Å². The van der Waals surface area contributed by atoms with Crippen LogP contribution in [-0.2, 0) is 0 Å². The van der Waals surface area contributed by atoms with Crippen LogP contribution in [0.25, 0.3) is 0 Å². The molecule has 0 radical (unpaired) electrons. The fourth-order valence-electron chi connectivity index (χ4n) is 0.812. The van der Waals surface area contributed by atoms with Gasteiger partial charge in [0.25, 0.3) is 0 Å². The summed E-state index contributed by atoms with van der Waals surface area (Å²) in [6, 6.07) is 7.09.